The molecule has 0 atom stereocenters. The number of esters is 1. The van der Waals surface area contributed by atoms with E-state index in [0.717, 1.165) is 6.08 Å². The quantitative estimate of drug-likeness (QED) is 0.562. The summed E-state index contributed by atoms with van der Waals surface area (Å²) >= 11 is 6.05. The van der Waals surface area contributed by atoms with Gasteiger partial charge in [-0.2, -0.15) is 5.10 Å². The maximum Gasteiger partial charge on any atom is 0.331 e. The Morgan fingerprint density at radius 3 is 2.50 bits per heavy atom. The predicted molar refractivity (Wildman–Crippen MR) is 103 cm³/mol. The van der Waals surface area contributed by atoms with Crippen LogP contribution in [-0.2, 0) is 21.4 Å². The molecule has 10 heteroatoms. The van der Waals surface area contributed by atoms with E-state index in [1.54, 1.807) is 38.2 Å². The number of halogens is 1. The van der Waals surface area contributed by atoms with E-state index in [1.165, 1.54) is 17.9 Å². The van der Waals surface area contributed by atoms with E-state index in [1.807, 2.05) is 0 Å². The number of nitrogens with zero attached hydrogens (tertiary/aromatic N) is 2. The Morgan fingerprint density at radius 2 is 1.93 bits per heavy atom. The Morgan fingerprint density at radius 1 is 1.25 bits per heavy atom. The summed E-state index contributed by atoms with van der Waals surface area (Å²) in [5.41, 5.74) is 1.68. The first-order valence-corrected chi connectivity index (χ1v) is 8.46. The summed E-state index contributed by atoms with van der Waals surface area (Å²) in [4.78, 5) is 35.2. The smallest absolute Gasteiger partial charge is 0.331 e. The molecule has 0 spiro atoms. The lowest BCUT2D eigenvalue weighted by Gasteiger charge is -2.07. The van der Waals surface area contributed by atoms with Crippen LogP contribution in [0.1, 0.15) is 11.3 Å². The van der Waals surface area contributed by atoms with Gasteiger partial charge in [0.05, 0.1) is 12.8 Å². The molecule has 1 heterocycles. The summed E-state index contributed by atoms with van der Waals surface area (Å²) < 4.78 is 11.3. The van der Waals surface area contributed by atoms with Crippen LogP contribution in [0.4, 0.5) is 10.5 Å². The normalized spacial score (nSPS) is 10.6. The number of anilines is 1. The molecule has 0 aliphatic heterocycles. The van der Waals surface area contributed by atoms with Gasteiger partial charge in [0.1, 0.15) is 10.9 Å². The lowest BCUT2D eigenvalue weighted by Crippen LogP contribution is -2.37. The van der Waals surface area contributed by atoms with Gasteiger partial charge < -0.3 is 14.8 Å². The zero-order valence-electron chi connectivity index (χ0n) is 15.5. The van der Waals surface area contributed by atoms with Crippen molar-refractivity contribution in [3.05, 3.63) is 46.8 Å². The average molecular weight is 407 g/mol. The minimum atomic E-state index is -0.775. The molecule has 0 saturated carbocycles. The second-order valence-electron chi connectivity index (χ2n) is 5.59. The summed E-state index contributed by atoms with van der Waals surface area (Å²) in [6, 6.07) is 5.78. The number of nitrogens with one attached hydrogen (secondary N) is 2. The van der Waals surface area contributed by atoms with Crippen molar-refractivity contribution in [2.45, 2.75) is 6.92 Å². The number of hydrogen-bond acceptors (Lipinski definition) is 6. The number of amides is 3. The van der Waals surface area contributed by atoms with Crippen molar-refractivity contribution in [1.29, 1.82) is 0 Å². The minimum absolute atomic E-state index is 0.370. The molecule has 0 aliphatic carbocycles. The summed E-state index contributed by atoms with van der Waals surface area (Å²) in [6.07, 6.45) is 2.57. The lowest BCUT2D eigenvalue weighted by atomic mass is 10.2. The number of hydrogen-bond donors (Lipinski definition) is 2. The van der Waals surface area contributed by atoms with E-state index in [9.17, 15) is 14.4 Å². The molecule has 1 aromatic carbocycles. The highest BCUT2D eigenvalue weighted by molar-refractivity contribution is 6.31. The second kappa shape index (κ2) is 9.56. The topological polar surface area (TPSA) is 112 Å². The molecule has 2 aromatic rings. The van der Waals surface area contributed by atoms with Crippen LogP contribution in [0.2, 0.25) is 5.15 Å². The van der Waals surface area contributed by atoms with E-state index < -0.39 is 24.5 Å². The third kappa shape index (κ3) is 5.85. The van der Waals surface area contributed by atoms with Crippen molar-refractivity contribution < 1.29 is 23.9 Å². The Balaban J connectivity index is 1.78. The maximum absolute atomic E-state index is 11.8. The van der Waals surface area contributed by atoms with Crippen LogP contribution in [0, 0.1) is 6.92 Å². The van der Waals surface area contributed by atoms with E-state index in [0.29, 0.717) is 27.8 Å². The number of carbonyl (C=O) groups excluding carboxylic acids is 3. The number of urea groups is 1. The Labute approximate surface area is 166 Å². The monoisotopic (exact) mass is 406 g/mol. The number of benzene rings is 1. The van der Waals surface area contributed by atoms with Crippen LogP contribution in [0.15, 0.2) is 30.3 Å². The first kappa shape index (κ1) is 21.0. The summed E-state index contributed by atoms with van der Waals surface area (Å²) in [6.45, 7) is 1.13. The van der Waals surface area contributed by atoms with Gasteiger partial charge >= 0.3 is 12.0 Å². The fourth-order valence-corrected chi connectivity index (χ4v) is 2.41. The molecule has 148 valence electrons. The van der Waals surface area contributed by atoms with Gasteiger partial charge in [-0.1, -0.05) is 11.6 Å². The molecular weight excluding hydrogens is 388 g/mol. The van der Waals surface area contributed by atoms with E-state index in [4.69, 9.17) is 21.1 Å². The summed E-state index contributed by atoms with van der Waals surface area (Å²) in [5, 5.41) is 9.00. The van der Waals surface area contributed by atoms with Gasteiger partial charge in [-0.05, 0) is 37.3 Å². The highest BCUT2D eigenvalue weighted by Gasteiger charge is 2.11. The van der Waals surface area contributed by atoms with Crippen LogP contribution < -0.4 is 15.4 Å². The van der Waals surface area contributed by atoms with Gasteiger partial charge in [-0.3, -0.25) is 14.8 Å². The van der Waals surface area contributed by atoms with Gasteiger partial charge in [0, 0.05) is 24.4 Å². The van der Waals surface area contributed by atoms with Gasteiger partial charge in [0.25, 0.3) is 5.91 Å². The van der Waals surface area contributed by atoms with Gasteiger partial charge in [-0.15, -0.1) is 0 Å². The Bertz CT molecular complexity index is 905. The fourth-order valence-electron chi connectivity index (χ4n) is 2.17. The van der Waals surface area contributed by atoms with Crippen molar-refractivity contribution >= 4 is 41.3 Å². The molecule has 9 nitrogen and oxygen atoms in total. The minimum Gasteiger partial charge on any atom is -0.497 e. The van der Waals surface area contributed by atoms with E-state index in [-0.39, 0.29) is 0 Å². The maximum atomic E-state index is 11.8. The molecule has 0 bridgehead atoms. The Hall–Kier alpha value is -3.33. The van der Waals surface area contributed by atoms with E-state index in [2.05, 4.69) is 15.7 Å². The largest absolute Gasteiger partial charge is 0.497 e. The highest BCUT2D eigenvalue weighted by atomic mass is 35.5. The number of ether oxygens (including phenoxy) is 2. The number of aromatic nitrogens is 2. The van der Waals surface area contributed by atoms with Crippen molar-refractivity contribution in [2.24, 2.45) is 7.05 Å². The van der Waals surface area contributed by atoms with Crippen LogP contribution in [0.25, 0.3) is 6.08 Å². The van der Waals surface area contributed by atoms with Gasteiger partial charge in [0.2, 0.25) is 0 Å². The number of methoxy groups -OCH3 is 1. The second-order valence-corrected chi connectivity index (χ2v) is 5.94. The molecular formula is C18H19ClN4O5. The molecule has 0 aliphatic rings. The molecule has 0 saturated heterocycles. The molecule has 0 radical (unpaired) electrons. The van der Waals surface area contributed by atoms with Crippen LogP contribution in [0.5, 0.6) is 5.75 Å². The molecule has 2 rings (SSSR count). The molecule has 1 aromatic heterocycles. The standard InChI is InChI=1S/C18H19ClN4O5/c1-11-14(17(19)23(2)22-11)8-9-16(25)28-10-15(24)21-18(26)20-12-4-6-13(27-3)7-5-12/h4-9H,10H2,1-3H3,(H2,20,21,24,26)/b9-8+. The predicted octanol–water partition coefficient (Wildman–Crippen LogP) is 2.30. The van der Waals surface area contributed by atoms with Gasteiger partial charge in [0.15, 0.2) is 6.61 Å². The highest BCUT2D eigenvalue weighted by Crippen LogP contribution is 2.20. The number of aryl methyl sites for hydroxylation is 2. The van der Waals surface area contributed by atoms with E-state index >= 15 is 0 Å². The third-order valence-corrected chi connectivity index (χ3v) is 3.98. The lowest BCUT2D eigenvalue weighted by molar-refractivity contribution is -0.143. The number of carbonyl (C=O) groups is 3. The molecule has 28 heavy (non-hydrogen) atoms. The number of imide groups is 1. The van der Waals surface area contributed by atoms with Crippen molar-refractivity contribution in [3.63, 3.8) is 0 Å². The first-order chi connectivity index (χ1) is 13.3. The molecule has 0 fully saturated rings. The molecule has 0 unspecified atom stereocenters. The summed E-state index contributed by atoms with van der Waals surface area (Å²) in [5.74, 6) is -0.904. The Kier molecular flexibility index (Phi) is 7.16. The molecule has 2 N–H and O–H groups in total. The van der Waals surface area contributed by atoms with Crippen LogP contribution in [-0.4, -0.2) is 41.4 Å². The third-order valence-electron chi connectivity index (χ3n) is 3.53. The van der Waals surface area contributed by atoms with Crippen LogP contribution in [0.3, 0.4) is 0 Å². The van der Waals surface area contributed by atoms with Crippen molar-refractivity contribution in [1.82, 2.24) is 15.1 Å². The first-order valence-electron chi connectivity index (χ1n) is 8.09. The fraction of sp³-hybridized carbons (Fsp3) is 0.222. The zero-order valence-corrected chi connectivity index (χ0v) is 16.2. The zero-order chi connectivity index (χ0) is 20.7. The van der Waals surface area contributed by atoms with Crippen molar-refractivity contribution in [2.75, 3.05) is 19.0 Å². The van der Waals surface area contributed by atoms with Crippen molar-refractivity contribution in [3.8, 4) is 5.75 Å². The summed E-state index contributed by atoms with van der Waals surface area (Å²) in [7, 11) is 3.20. The van der Waals surface area contributed by atoms with Crippen LogP contribution >= 0.6 is 11.6 Å². The molecule has 3 amide bonds. The SMILES string of the molecule is COc1ccc(NC(=O)NC(=O)COC(=O)/C=C/c2c(C)nn(C)c2Cl)cc1. The number of rotatable bonds is 6. The van der Waals surface area contributed by atoms with Gasteiger partial charge in [-0.25, -0.2) is 9.59 Å². The average Bonchev–Trinajstić information content (AvgIpc) is 2.90.